The first-order chi connectivity index (χ1) is 7.58. The van der Waals surface area contributed by atoms with Gasteiger partial charge in [-0.3, -0.25) is 4.68 Å². The Morgan fingerprint density at radius 2 is 2.25 bits per heavy atom. The van der Waals surface area contributed by atoms with E-state index in [4.69, 9.17) is 5.11 Å². The number of thiazole rings is 1. The van der Waals surface area contributed by atoms with Gasteiger partial charge in [-0.05, 0) is 13.8 Å². The van der Waals surface area contributed by atoms with Crippen molar-refractivity contribution in [2.75, 3.05) is 0 Å². The Hall–Kier alpha value is -1.69. The molecule has 2 rings (SSSR count). The molecule has 6 heteroatoms. The summed E-state index contributed by atoms with van der Waals surface area (Å²) < 4.78 is 1.82. The summed E-state index contributed by atoms with van der Waals surface area (Å²) in [6.07, 6.45) is 4.94. The van der Waals surface area contributed by atoms with E-state index in [1.54, 1.807) is 6.20 Å². The number of hydrogen-bond acceptors (Lipinski definition) is 4. The van der Waals surface area contributed by atoms with Crippen molar-refractivity contribution in [3.8, 4) is 10.6 Å². The van der Waals surface area contributed by atoms with E-state index in [1.165, 1.54) is 6.20 Å². The monoisotopic (exact) mass is 237 g/mol. The van der Waals surface area contributed by atoms with E-state index in [0.717, 1.165) is 16.9 Å². The SMILES string of the molecule is CC(C)n1cc(-c2ncc(C(=O)O)s2)cn1. The Labute approximate surface area is 96.4 Å². The number of carboxylic acid groups (broad SMARTS) is 1. The van der Waals surface area contributed by atoms with Crippen LogP contribution in [0.1, 0.15) is 29.6 Å². The van der Waals surface area contributed by atoms with Gasteiger partial charge in [-0.2, -0.15) is 5.10 Å². The van der Waals surface area contributed by atoms with E-state index in [0.29, 0.717) is 5.01 Å². The molecule has 0 bridgehead atoms. The second-order valence-electron chi connectivity index (χ2n) is 3.64. The molecule has 0 saturated heterocycles. The van der Waals surface area contributed by atoms with Crippen LogP contribution in [-0.2, 0) is 0 Å². The highest BCUT2D eigenvalue weighted by Crippen LogP contribution is 2.25. The van der Waals surface area contributed by atoms with Crippen molar-refractivity contribution in [1.82, 2.24) is 14.8 Å². The molecule has 0 amide bonds. The molecule has 0 unspecified atom stereocenters. The molecule has 0 aromatic carbocycles. The third-order valence-corrected chi connectivity index (χ3v) is 3.13. The summed E-state index contributed by atoms with van der Waals surface area (Å²) >= 11 is 1.16. The Balaban J connectivity index is 2.31. The number of carbonyl (C=O) groups is 1. The number of carboxylic acids is 1. The molecule has 0 saturated carbocycles. The number of hydrogen-bond donors (Lipinski definition) is 1. The molecule has 0 spiro atoms. The fraction of sp³-hybridized carbons (Fsp3) is 0.300. The Morgan fingerprint density at radius 1 is 1.50 bits per heavy atom. The van der Waals surface area contributed by atoms with Crippen LogP contribution in [0.2, 0.25) is 0 Å². The average molecular weight is 237 g/mol. The van der Waals surface area contributed by atoms with Crippen molar-refractivity contribution in [3.05, 3.63) is 23.5 Å². The number of nitrogens with zero attached hydrogens (tertiary/aromatic N) is 3. The molecule has 0 fully saturated rings. The van der Waals surface area contributed by atoms with Crippen LogP contribution < -0.4 is 0 Å². The predicted molar refractivity (Wildman–Crippen MR) is 60.7 cm³/mol. The molecular formula is C10H11N3O2S. The lowest BCUT2D eigenvalue weighted by Crippen LogP contribution is -1.99. The van der Waals surface area contributed by atoms with Crippen molar-refractivity contribution in [3.63, 3.8) is 0 Å². The van der Waals surface area contributed by atoms with Crippen molar-refractivity contribution >= 4 is 17.3 Å². The van der Waals surface area contributed by atoms with Crippen LogP contribution in [0.3, 0.4) is 0 Å². The molecule has 1 N–H and O–H groups in total. The molecule has 2 aromatic heterocycles. The molecular weight excluding hydrogens is 226 g/mol. The fourth-order valence-electron chi connectivity index (χ4n) is 1.24. The average Bonchev–Trinajstić information content (AvgIpc) is 2.86. The van der Waals surface area contributed by atoms with Crippen molar-refractivity contribution < 1.29 is 9.90 Å². The van der Waals surface area contributed by atoms with E-state index in [1.807, 2.05) is 24.7 Å². The lowest BCUT2D eigenvalue weighted by Gasteiger charge is -2.02. The second-order valence-corrected chi connectivity index (χ2v) is 4.67. The minimum Gasteiger partial charge on any atom is -0.477 e. The first kappa shape index (κ1) is 10.8. The molecule has 0 aliphatic heterocycles. The maximum atomic E-state index is 10.7. The zero-order valence-electron chi connectivity index (χ0n) is 8.91. The van der Waals surface area contributed by atoms with Gasteiger partial charge in [0.2, 0.25) is 0 Å². The lowest BCUT2D eigenvalue weighted by molar-refractivity contribution is 0.0702. The van der Waals surface area contributed by atoms with E-state index in [9.17, 15) is 4.79 Å². The topological polar surface area (TPSA) is 68.0 Å². The van der Waals surface area contributed by atoms with Crippen LogP contribution in [0.5, 0.6) is 0 Å². The summed E-state index contributed by atoms with van der Waals surface area (Å²) in [6.45, 7) is 4.06. The lowest BCUT2D eigenvalue weighted by atomic mass is 10.4. The van der Waals surface area contributed by atoms with E-state index >= 15 is 0 Å². The van der Waals surface area contributed by atoms with Gasteiger partial charge in [0.05, 0.1) is 12.4 Å². The number of rotatable bonds is 3. The molecule has 5 nitrogen and oxygen atoms in total. The smallest absolute Gasteiger partial charge is 0.347 e. The highest BCUT2D eigenvalue weighted by atomic mass is 32.1. The normalized spacial score (nSPS) is 10.9. The summed E-state index contributed by atoms with van der Waals surface area (Å²) in [5.74, 6) is -0.944. The van der Waals surface area contributed by atoms with Crippen LogP contribution in [0.15, 0.2) is 18.6 Å². The third-order valence-electron chi connectivity index (χ3n) is 2.09. The van der Waals surface area contributed by atoms with Crippen molar-refractivity contribution in [2.45, 2.75) is 19.9 Å². The van der Waals surface area contributed by atoms with Gasteiger partial charge in [0, 0.05) is 17.8 Å². The predicted octanol–water partition coefficient (Wildman–Crippen LogP) is 2.29. The van der Waals surface area contributed by atoms with Crippen LogP contribution in [0.4, 0.5) is 0 Å². The van der Waals surface area contributed by atoms with Crippen LogP contribution in [0.25, 0.3) is 10.6 Å². The zero-order valence-corrected chi connectivity index (χ0v) is 9.73. The van der Waals surface area contributed by atoms with Gasteiger partial charge >= 0.3 is 5.97 Å². The van der Waals surface area contributed by atoms with E-state index in [-0.39, 0.29) is 10.9 Å². The Bertz CT molecular complexity index is 516. The summed E-state index contributed by atoms with van der Waals surface area (Å²) in [5, 5.41) is 13.7. The largest absolute Gasteiger partial charge is 0.477 e. The first-order valence-electron chi connectivity index (χ1n) is 4.81. The Kier molecular flexibility index (Phi) is 2.74. The summed E-state index contributed by atoms with van der Waals surface area (Å²) in [6, 6.07) is 0.285. The van der Waals surface area contributed by atoms with Crippen LogP contribution in [-0.4, -0.2) is 25.8 Å². The van der Waals surface area contributed by atoms with E-state index < -0.39 is 5.97 Å². The van der Waals surface area contributed by atoms with Gasteiger partial charge in [-0.15, -0.1) is 11.3 Å². The molecule has 0 aliphatic carbocycles. The minimum absolute atomic E-state index is 0.243. The van der Waals surface area contributed by atoms with Gasteiger partial charge in [0.1, 0.15) is 9.88 Å². The second kappa shape index (κ2) is 4.05. The number of aromatic carboxylic acids is 1. The summed E-state index contributed by atoms with van der Waals surface area (Å²) in [7, 11) is 0. The fourth-order valence-corrected chi connectivity index (χ4v) is 1.97. The first-order valence-corrected chi connectivity index (χ1v) is 5.63. The maximum absolute atomic E-state index is 10.7. The van der Waals surface area contributed by atoms with Gasteiger partial charge in [0.25, 0.3) is 0 Å². The summed E-state index contributed by atoms with van der Waals surface area (Å²) in [5.41, 5.74) is 0.853. The van der Waals surface area contributed by atoms with Crippen molar-refractivity contribution in [2.24, 2.45) is 0 Å². The zero-order chi connectivity index (χ0) is 11.7. The van der Waals surface area contributed by atoms with Crippen LogP contribution >= 0.6 is 11.3 Å². The highest BCUT2D eigenvalue weighted by Gasteiger charge is 2.11. The van der Waals surface area contributed by atoms with Gasteiger partial charge < -0.3 is 5.11 Å². The van der Waals surface area contributed by atoms with Crippen molar-refractivity contribution in [1.29, 1.82) is 0 Å². The molecule has 16 heavy (non-hydrogen) atoms. The Morgan fingerprint density at radius 3 is 2.75 bits per heavy atom. The number of aromatic nitrogens is 3. The van der Waals surface area contributed by atoms with Crippen LogP contribution in [0, 0.1) is 0 Å². The van der Waals surface area contributed by atoms with Gasteiger partial charge in [-0.1, -0.05) is 0 Å². The third kappa shape index (κ3) is 1.96. The molecule has 0 radical (unpaired) electrons. The molecule has 0 atom stereocenters. The molecule has 2 aromatic rings. The minimum atomic E-state index is -0.944. The molecule has 0 aliphatic rings. The van der Waals surface area contributed by atoms with E-state index in [2.05, 4.69) is 10.1 Å². The molecule has 84 valence electrons. The maximum Gasteiger partial charge on any atom is 0.347 e. The standard InChI is InChI=1S/C10H11N3O2S/c1-6(2)13-5-7(3-12-13)9-11-4-8(16-9)10(14)15/h3-6H,1-2H3,(H,14,15). The quantitative estimate of drug-likeness (QED) is 0.889. The highest BCUT2D eigenvalue weighted by molar-refractivity contribution is 7.16. The molecule has 2 heterocycles. The van der Waals surface area contributed by atoms with Gasteiger partial charge in [0.15, 0.2) is 0 Å². The van der Waals surface area contributed by atoms with Gasteiger partial charge in [-0.25, -0.2) is 9.78 Å². The summed E-state index contributed by atoms with van der Waals surface area (Å²) in [4.78, 5) is 15.0.